The molecular formula is C28H32N4O4. The van der Waals surface area contributed by atoms with Gasteiger partial charge in [-0.2, -0.15) is 0 Å². The Hall–Kier alpha value is -3.88. The summed E-state index contributed by atoms with van der Waals surface area (Å²) in [5.74, 6) is 0.392. The molecule has 1 heterocycles. The van der Waals surface area contributed by atoms with Crippen LogP contribution < -0.4 is 20.1 Å². The zero-order valence-corrected chi connectivity index (χ0v) is 20.9. The van der Waals surface area contributed by atoms with E-state index in [0.29, 0.717) is 28.4 Å². The maximum absolute atomic E-state index is 13.7. The summed E-state index contributed by atoms with van der Waals surface area (Å²) >= 11 is 0. The predicted octanol–water partition coefficient (Wildman–Crippen LogP) is 3.88. The van der Waals surface area contributed by atoms with Crippen molar-refractivity contribution in [3.63, 3.8) is 0 Å². The molecule has 1 aliphatic rings. The van der Waals surface area contributed by atoms with Crippen LogP contribution in [0.25, 0.3) is 0 Å². The average molecular weight is 489 g/mol. The number of nitrogens with one attached hydrogen (secondary N) is 2. The zero-order valence-electron chi connectivity index (χ0n) is 20.9. The van der Waals surface area contributed by atoms with Gasteiger partial charge in [0.2, 0.25) is 5.91 Å². The molecule has 0 radical (unpaired) electrons. The second-order valence-electron chi connectivity index (χ2n) is 8.71. The third-order valence-corrected chi connectivity index (χ3v) is 6.33. The van der Waals surface area contributed by atoms with Gasteiger partial charge in [0.05, 0.1) is 25.6 Å². The largest absolute Gasteiger partial charge is 0.494 e. The van der Waals surface area contributed by atoms with Crippen molar-refractivity contribution in [3.05, 3.63) is 83.9 Å². The van der Waals surface area contributed by atoms with Crippen molar-refractivity contribution in [2.24, 2.45) is 0 Å². The van der Waals surface area contributed by atoms with Crippen LogP contribution in [0.15, 0.2) is 72.8 Å². The van der Waals surface area contributed by atoms with Crippen LogP contribution >= 0.6 is 0 Å². The normalized spacial score (nSPS) is 15.1. The predicted molar refractivity (Wildman–Crippen MR) is 141 cm³/mol. The highest BCUT2D eigenvalue weighted by atomic mass is 16.5. The second-order valence-corrected chi connectivity index (χ2v) is 8.71. The summed E-state index contributed by atoms with van der Waals surface area (Å²) in [5.41, 5.74) is 2.36. The molecule has 3 aromatic rings. The highest BCUT2D eigenvalue weighted by Gasteiger charge is 2.30. The quantitative estimate of drug-likeness (QED) is 0.501. The number of hydrogen-bond donors (Lipinski definition) is 2. The van der Waals surface area contributed by atoms with Crippen molar-refractivity contribution in [2.45, 2.75) is 6.04 Å². The summed E-state index contributed by atoms with van der Waals surface area (Å²) in [4.78, 5) is 30.8. The number of nitrogens with zero attached hydrogens (tertiary/aromatic N) is 2. The molecule has 0 aliphatic carbocycles. The minimum atomic E-state index is -0.451. The molecule has 1 saturated heterocycles. The van der Waals surface area contributed by atoms with E-state index in [4.69, 9.17) is 9.47 Å². The highest BCUT2D eigenvalue weighted by Crippen LogP contribution is 2.37. The number of benzene rings is 3. The van der Waals surface area contributed by atoms with Gasteiger partial charge >= 0.3 is 0 Å². The minimum Gasteiger partial charge on any atom is -0.494 e. The number of anilines is 2. The third-order valence-electron chi connectivity index (χ3n) is 6.33. The van der Waals surface area contributed by atoms with Gasteiger partial charge < -0.3 is 25.0 Å². The Morgan fingerprint density at radius 1 is 0.778 bits per heavy atom. The van der Waals surface area contributed by atoms with Crippen LogP contribution in [0.5, 0.6) is 11.5 Å². The molecule has 2 N–H and O–H groups in total. The number of piperazine rings is 1. The molecule has 4 rings (SSSR count). The fourth-order valence-corrected chi connectivity index (χ4v) is 4.32. The number of carbonyl (C=O) groups excluding carboxylic acids is 2. The van der Waals surface area contributed by atoms with Crippen LogP contribution in [0.4, 0.5) is 11.4 Å². The lowest BCUT2D eigenvalue weighted by molar-refractivity contribution is -0.122. The van der Waals surface area contributed by atoms with Crippen molar-refractivity contribution in [3.8, 4) is 11.5 Å². The van der Waals surface area contributed by atoms with Crippen molar-refractivity contribution in [1.82, 2.24) is 9.80 Å². The smallest absolute Gasteiger partial charge is 0.255 e. The van der Waals surface area contributed by atoms with Gasteiger partial charge in [-0.05, 0) is 24.7 Å². The Morgan fingerprint density at radius 3 is 1.86 bits per heavy atom. The van der Waals surface area contributed by atoms with Crippen LogP contribution in [0.1, 0.15) is 22.0 Å². The van der Waals surface area contributed by atoms with Crippen molar-refractivity contribution in [1.29, 1.82) is 0 Å². The number of amides is 2. The van der Waals surface area contributed by atoms with Gasteiger partial charge in [-0.25, -0.2) is 0 Å². The van der Waals surface area contributed by atoms with E-state index in [1.165, 1.54) is 14.2 Å². The van der Waals surface area contributed by atoms with Crippen molar-refractivity contribution < 1.29 is 19.1 Å². The molecule has 36 heavy (non-hydrogen) atoms. The molecular weight excluding hydrogens is 456 g/mol. The van der Waals surface area contributed by atoms with E-state index in [-0.39, 0.29) is 11.8 Å². The summed E-state index contributed by atoms with van der Waals surface area (Å²) in [6, 6.07) is 21.6. The van der Waals surface area contributed by atoms with E-state index >= 15 is 0 Å². The van der Waals surface area contributed by atoms with E-state index in [1.807, 2.05) is 36.4 Å². The first-order chi connectivity index (χ1) is 17.5. The monoisotopic (exact) mass is 488 g/mol. The molecule has 8 heteroatoms. The molecule has 8 nitrogen and oxygen atoms in total. The molecule has 0 saturated carbocycles. The molecule has 2 amide bonds. The van der Waals surface area contributed by atoms with E-state index in [0.717, 1.165) is 31.7 Å². The lowest BCUT2D eigenvalue weighted by Gasteiger charge is -2.37. The third kappa shape index (κ3) is 5.84. The summed E-state index contributed by atoms with van der Waals surface area (Å²) in [7, 11) is 5.13. The molecule has 1 aliphatic heterocycles. The van der Waals surface area contributed by atoms with Crippen LogP contribution in [0.2, 0.25) is 0 Å². The van der Waals surface area contributed by atoms with Gasteiger partial charge in [0.25, 0.3) is 5.91 Å². The fourth-order valence-electron chi connectivity index (χ4n) is 4.32. The van der Waals surface area contributed by atoms with Crippen LogP contribution in [-0.2, 0) is 4.79 Å². The average Bonchev–Trinajstić information content (AvgIpc) is 2.91. The van der Waals surface area contributed by atoms with Crippen LogP contribution in [-0.4, -0.2) is 69.1 Å². The minimum absolute atomic E-state index is 0.160. The number of carbonyl (C=O) groups is 2. The summed E-state index contributed by atoms with van der Waals surface area (Å²) < 4.78 is 11.1. The van der Waals surface area contributed by atoms with Crippen LogP contribution in [0, 0.1) is 0 Å². The zero-order chi connectivity index (χ0) is 25.5. The molecule has 1 unspecified atom stereocenters. The van der Waals surface area contributed by atoms with Gasteiger partial charge in [-0.1, -0.05) is 48.5 Å². The Bertz CT molecular complexity index is 1180. The molecule has 0 aromatic heterocycles. The highest BCUT2D eigenvalue weighted by molar-refractivity contribution is 6.05. The summed E-state index contributed by atoms with van der Waals surface area (Å²) in [5, 5.41) is 5.91. The van der Waals surface area contributed by atoms with Gasteiger partial charge in [0.1, 0.15) is 17.5 Å². The maximum Gasteiger partial charge on any atom is 0.255 e. The first kappa shape index (κ1) is 25.2. The van der Waals surface area contributed by atoms with E-state index in [1.54, 1.807) is 36.4 Å². The van der Waals surface area contributed by atoms with E-state index < -0.39 is 6.04 Å². The first-order valence-corrected chi connectivity index (χ1v) is 11.9. The van der Waals surface area contributed by atoms with Gasteiger partial charge in [0.15, 0.2) is 0 Å². The molecule has 0 bridgehead atoms. The second kappa shape index (κ2) is 11.7. The lowest BCUT2D eigenvalue weighted by atomic mass is 10.0. The molecule has 1 atom stereocenters. The Kier molecular flexibility index (Phi) is 8.20. The van der Waals surface area contributed by atoms with Gasteiger partial charge in [-0.3, -0.25) is 14.5 Å². The SMILES string of the molecule is COc1cc(NC(=O)C(c2ccccc2)N2CCN(C)CC2)c(OC)cc1NC(=O)c1ccccc1. The number of methoxy groups -OCH3 is 2. The number of rotatable bonds is 8. The summed E-state index contributed by atoms with van der Waals surface area (Å²) in [6.07, 6.45) is 0. The fraction of sp³-hybridized carbons (Fsp3) is 0.286. The number of hydrogen-bond acceptors (Lipinski definition) is 6. The summed E-state index contributed by atoms with van der Waals surface area (Å²) in [6.45, 7) is 3.36. The number of likely N-dealkylation sites (N-methyl/N-ethyl adjacent to an activating group) is 1. The molecule has 3 aromatic carbocycles. The topological polar surface area (TPSA) is 83.1 Å². The Morgan fingerprint density at radius 2 is 1.31 bits per heavy atom. The first-order valence-electron chi connectivity index (χ1n) is 11.9. The van der Waals surface area contributed by atoms with Gasteiger partial charge in [0, 0.05) is 43.9 Å². The van der Waals surface area contributed by atoms with Gasteiger partial charge in [-0.15, -0.1) is 0 Å². The molecule has 0 spiro atoms. The van der Waals surface area contributed by atoms with Crippen molar-refractivity contribution >= 4 is 23.2 Å². The molecule has 1 fully saturated rings. The lowest BCUT2D eigenvalue weighted by Crippen LogP contribution is -2.48. The van der Waals surface area contributed by atoms with Crippen molar-refractivity contribution in [2.75, 3.05) is 58.1 Å². The van der Waals surface area contributed by atoms with E-state index in [2.05, 4.69) is 27.5 Å². The Balaban J connectivity index is 1.60. The number of ether oxygens (including phenoxy) is 2. The Labute approximate surface area is 211 Å². The standard InChI is InChI=1S/C28H32N4O4/c1-31-14-16-32(17-15-31)26(20-10-6-4-7-11-20)28(34)30-23-19-24(35-2)22(18-25(23)36-3)29-27(33)21-12-8-5-9-13-21/h4-13,18-19,26H,14-17H2,1-3H3,(H,29,33)(H,30,34). The molecule has 188 valence electrons. The maximum atomic E-state index is 13.7. The van der Waals surface area contributed by atoms with Crippen LogP contribution in [0.3, 0.4) is 0 Å². The van der Waals surface area contributed by atoms with E-state index in [9.17, 15) is 9.59 Å².